The van der Waals surface area contributed by atoms with Crippen LogP contribution < -0.4 is 10.1 Å². The van der Waals surface area contributed by atoms with E-state index >= 15 is 0 Å². The van der Waals surface area contributed by atoms with Gasteiger partial charge >= 0.3 is 0 Å². The van der Waals surface area contributed by atoms with Crippen molar-refractivity contribution in [3.63, 3.8) is 0 Å². The molecule has 3 rings (SSSR count). The molecule has 1 aliphatic heterocycles. The monoisotopic (exact) mass is 253 g/mol. The molecule has 1 aliphatic rings. The summed E-state index contributed by atoms with van der Waals surface area (Å²) in [7, 11) is 0. The minimum absolute atomic E-state index is 0.0449. The normalized spacial score (nSPS) is 16.6. The van der Waals surface area contributed by atoms with Crippen molar-refractivity contribution in [2.75, 3.05) is 0 Å². The number of hydrogen-bond donors (Lipinski definition) is 1. The van der Waals surface area contributed by atoms with Gasteiger partial charge in [-0.25, -0.2) is 0 Å². The molecule has 0 saturated carbocycles. The highest BCUT2D eigenvalue weighted by atomic mass is 16.5. The summed E-state index contributed by atoms with van der Waals surface area (Å²) in [5, 5.41) is 3.02. The average Bonchev–Trinajstić information content (AvgIpc) is 2.57. The smallest absolute Gasteiger partial charge is 0.217 e. The van der Waals surface area contributed by atoms with Gasteiger partial charge in [-0.05, 0) is 17.2 Å². The third kappa shape index (κ3) is 2.19. The topological polar surface area (TPSA) is 38.3 Å². The van der Waals surface area contributed by atoms with E-state index < -0.39 is 0 Å². The van der Waals surface area contributed by atoms with Crippen molar-refractivity contribution < 1.29 is 9.53 Å². The molecular formula is C16H15NO2. The number of ether oxygens (including phenoxy) is 1. The van der Waals surface area contributed by atoms with Crippen molar-refractivity contribution in [1.29, 1.82) is 0 Å². The van der Waals surface area contributed by atoms with Crippen molar-refractivity contribution in [3.05, 3.63) is 65.2 Å². The van der Waals surface area contributed by atoms with Gasteiger partial charge in [-0.1, -0.05) is 42.5 Å². The van der Waals surface area contributed by atoms with Crippen LogP contribution in [0.5, 0.6) is 5.75 Å². The first-order valence-electron chi connectivity index (χ1n) is 6.32. The highest BCUT2D eigenvalue weighted by molar-refractivity contribution is 5.74. The minimum Gasteiger partial charge on any atom is -0.489 e. The Kier molecular flexibility index (Phi) is 2.95. The zero-order chi connectivity index (χ0) is 13.2. The fourth-order valence-corrected chi connectivity index (χ4v) is 2.48. The molecule has 0 saturated heterocycles. The van der Waals surface area contributed by atoms with Crippen LogP contribution >= 0.6 is 0 Å². The maximum atomic E-state index is 11.5. The fourth-order valence-electron chi connectivity index (χ4n) is 2.48. The van der Waals surface area contributed by atoms with Gasteiger partial charge in [0.25, 0.3) is 0 Å². The van der Waals surface area contributed by atoms with E-state index in [-0.39, 0.29) is 11.9 Å². The number of fused-ring (bicyclic) bond motifs is 2. The molecule has 1 amide bonds. The Labute approximate surface area is 112 Å². The number of hydrogen-bond acceptors (Lipinski definition) is 2. The predicted molar refractivity (Wildman–Crippen MR) is 72.9 cm³/mol. The van der Waals surface area contributed by atoms with Crippen LogP contribution in [0.2, 0.25) is 0 Å². The molecule has 0 aliphatic carbocycles. The first-order valence-corrected chi connectivity index (χ1v) is 6.32. The lowest BCUT2D eigenvalue weighted by Gasteiger charge is -2.19. The lowest BCUT2D eigenvalue weighted by molar-refractivity contribution is -0.119. The zero-order valence-corrected chi connectivity index (χ0v) is 10.7. The molecule has 3 heteroatoms. The van der Waals surface area contributed by atoms with Crippen LogP contribution in [0.4, 0.5) is 0 Å². The van der Waals surface area contributed by atoms with Gasteiger partial charge in [-0.2, -0.15) is 0 Å². The SMILES string of the molecule is CC(=O)N[C@@H]1c2ccccc2COc2ccccc21. The van der Waals surface area contributed by atoms with Crippen LogP contribution in [0.25, 0.3) is 0 Å². The number of carbonyl (C=O) groups excluding carboxylic acids is 1. The van der Waals surface area contributed by atoms with Crippen LogP contribution in [-0.4, -0.2) is 5.91 Å². The quantitative estimate of drug-likeness (QED) is 0.848. The fraction of sp³-hybridized carbons (Fsp3) is 0.188. The Balaban J connectivity index is 2.16. The summed E-state index contributed by atoms with van der Waals surface area (Å²) < 4.78 is 5.84. The van der Waals surface area contributed by atoms with E-state index in [1.807, 2.05) is 48.5 Å². The third-order valence-corrected chi connectivity index (χ3v) is 3.33. The van der Waals surface area contributed by atoms with Gasteiger partial charge in [-0.3, -0.25) is 4.79 Å². The maximum absolute atomic E-state index is 11.5. The molecule has 0 fully saturated rings. The van der Waals surface area contributed by atoms with E-state index in [1.54, 1.807) is 0 Å². The second-order valence-corrected chi connectivity index (χ2v) is 4.66. The minimum atomic E-state index is -0.146. The van der Waals surface area contributed by atoms with Gasteiger partial charge in [0, 0.05) is 12.5 Å². The molecule has 0 aromatic heterocycles. The van der Waals surface area contributed by atoms with Crippen molar-refractivity contribution >= 4 is 5.91 Å². The summed E-state index contributed by atoms with van der Waals surface area (Å²) in [4.78, 5) is 11.5. The first kappa shape index (κ1) is 11.8. The summed E-state index contributed by atoms with van der Waals surface area (Å²) in [6, 6.07) is 15.8. The van der Waals surface area contributed by atoms with Crippen LogP contribution in [0.15, 0.2) is 48.5 Å². The Morgan fingerprint density at radius 3 is 2.58 bits per heavy atom. The summed E-state index contributed by atoms with van der Waals surface area (Å²) in [5.74, 6) is 0.786. The second kappa shape index (κ2) is 4.76. The third-order valence-electron chi connectivity index (χ3n) is 3.33. The van der Waals surface area contributed by atoms with Gasteiger partial charge in [0.05, 0.1) is 6.04 Å². The number of rotatable bonds is 1. The summed E-state index contributed by atoms with van der Waals surface area (Å²) in [6.07, 6.45) is 0. The Hall–Kier alpha value is -2.29. The van der Waals surface area contributed by atoms with Crippen molar-refractivity contribution in [2.24, 2.45) is 0 Å². The number of benzene rings is 2. The first-order chi connectivity index (χ1) is 9.25. The lowest BCUT2D eigenvalue weighted by atomic mass is 9.95. The van der Waals surface area contributed by atoms with E-state index in [0.717, 1.165) is 22.4 Å². The molecule has 0 bridgehead atoms. The van der Waals surface area contributed by atoms with Gasteiger partial charge < -0.3 is 10.1 Å². The molecule has 0 radical (unpaired) electrons. The molecule has 2 aromatic carbocycles. The van der Waals surface area contributed by atoms with Gasteiger partial charge in [-0.15, -0.1) is 0 Å². The van der Waals surface area contributed by atoms with Crippen LogP contribution in [0, 0.1) is 0 Å². The van der Waals surface area contributed by atoms with E-state index in [9.17, 15) is 4.79 Å². The molecule has 3 nitrogen and oxygen atoms in total. The molecule has 19 heavy (non-hydrogen) atoms. The standard InChI is InChI=1S/C16H15NO2/c1-11(18)17-16-13-7-3-2-6-12(13)10-19-15-9-5-4-8-14(15)16/h2-9,16H,10H2,1H3,(H,17,18)/t16-/m1/s1. The van der Waals surface area contributed by atoms with E-state index in [0.29, 0.717) is 6.61 Å². The molecule has 1 heterocycles. The van der Waals surface area contributed by atoms with Crippen LogP contribution in [-0.2, 0) is 11.4 Å². The van der Waals surface area contributed by atoms with Gasteiger partial charge in [0.2, 0.25) is 5.91 Å². The van der Waals surface area contributed by atoms with Gasteiger partial charge in [0.1, 0.15) is 12.4 Å². The maximum Gasteiger partial charge on any atom is 0.217 e. The summed E-state index contributed by atoms with van der Waals surface area (Å²) >= 11 is 0. The second-order valence-electron chi connectivity index (χ2n) is 4.66. The molecule has 0 unspecified atom stereocenters. The molecule has 0 spiro atoms. The van der Waals surface area contributed by atoms with Crippen molar-refractivity contribution in [2.45, 2.75) is 19.6 Å². The molecule has 1 atom stereocenters. The average molecular weight is 253 g/mol. The number of amides is 1. The zero-order valence-electron chi connectivity index (χ0n) is 10.7. The lowest BCUT2D eigenvalue weighted by Crippen LogP contribution is -2.27. The highest BCUT2D eigenvalue weighted by Crippen LogP contribution is 2.35. The van der Waals surface area contributed by atoms with Crippen molar-refractivity contribution in [1.82, 2.24) is 5.32 Å². The van der Waals surface area contributed by atoms with Crippen LogP contribution in [0.3, 0.4) is 0 Å². The molecule has 96 valence electrons. The largest absolute Gasteiger partial charge is 0.489 e. The predicted octanol–water partition coefficient (Wildman–Crippen LogP) is 2.80. The number of carbonyl (C=O) groups is 1. The molecule has 1 N–H and O–H groups in total. The molecular weight excluding hydrogens is 238 g/mol. The van der Waals surface area contributed by atoms with E-state index in [2.05, 4.69) is 5.32 Å². The Bertz CT molecular complexity index is 574. The number of para-hydroxylation sites is 1. The van der Waals surface area contributed by atoms with E-state index in [4.69, 9.17) is 4.74 Å². The Morgan fingerprint density at radius 2 is 1.79 bits per heavy atom. The summed E-state index contributed by atoms with van der Waals surface area (Å²) in [6.45, 7) is 2.07. The Morgan fingerprint density at radius 1 is 1.11 bits per heavy atom. The highest BCUT2D eigenvalue weighted by Gasteiger charge is 2.24. The van der Waals surface area contributed by atoms with Crippen molar-refractivity contribution in [3.8, 4) is 5.75 Å². The van der Waals surface area contributed by atoms with E-state index in [1.165, 1.54) is 6.92 Å². The summed E-state index contributed by atoms with van der Waals surface area (Å²) in [5.41, 5.74) is 3.21. The van der Waals surface area contributed by atoms with Gasteiger partial charge in [0.15, 0.2) is 0 Å². The molecule has 2 aromatic rings. The van der Waals surface area contributed by atoms with Crippen LogP contribution in [0.1, 0.15) is 29.7 Å². The number of nitrogens with one attached hydrogen (secondary N) is 1.